The summed E-state index contributed by atoms with van der Waals surface area (Å²) in [6, 6.07) is 17.2. The van der Waals surface area contributed by atoms with E-state index in [1.807, 2.05) is 41.9 Å². The minimum atomic E-state index is 0. The zero-order chi connectivity index (χ0) is 36.8. The molecule has 0 bridgehead atoms. The predicted molar refractivity (Wildman–Crippen MR) is 236 cm³/mol. The largest absolute Gasteiger partial charge is 0.496 e. The van der Waals surface area contributed by atoms with Crippen LogP contribution in [-0.4, -0.2) is 71.3 Å². The highest BCUT2D eigenvalue weighted by atomic mass is 35.5. The standard InChI is InChI=1S/2C14H21NOS.C14H15NOS.2ClH/c3*1-10-7-13(16-2)12(8-14(10)17-3)11-5-4-6-15-9-11;;/h2*7-8,11,15H,4-6,9H2,1-3H3;4-9H,1-3H3;2*1H/t2*11-;;;/m10.../s1. The molecule has 3 heterocycles. The van der Waals surface area contributed by atoms with Gasteiger partial charge in [-0.15, -0.1) is 60.1 Å². The van der Waals surface area contributed by atoms with Gasteiger partial charge in [0.15, 0.2) is 0 Å². The highest BCUT2D eigenvalue weighted by Crippen LogP contribution is 2.38. The van der Waals surface area contributed by atoms with E-state index in [4.69, 9.17) is 14.2 Å². The summed E-state index contributed by atoms with van der Waals surface area (Å²) in [5, 5.41) is 6.95. The fraction of sp³-hybridized carbons (Fsp3) is 0.452. The van der Waals surface area contributed by atoms with Gasteiger partial charge in [-0.3, -0.25) is 4.98 Å². The molecule has 11 heteroatoms. The Balaban J connectivity index is 0.000000270. The summed E-state index contributed by atoms with van der Waals surface area (Å²) >= 11 is 5.38. The Bertz CT molecular complexity index is 1610. The van der Waals surface area contributed by atoms with Crippen LogP contribution in [0.1, 0.15) is 65.3 Å². The maximum atomic E-state index is 5.54. The minimum Gasteiger partial charge on any atom is -0.496 e. The molecule has 2 aliphatic rings. The average molecular weight is 821 g/mol. The Morgan fingerprint density at radius 2 is 1.06 bits per heavy atom. The van der Waals surface area contributed by atoms with Crippen LogP contribution in [0.5, 0.6) is 17.2 Å². The fourth-order valence-corrected chi connectivity index (χ4v) is 8.69. The van der Waals surface area contributed by atoms with Gasteiger partial charge in [0.1, 0.15) is 17.2 Å². The van der Waals surface area contributed by atoms with Crippen molar-refractivity contribution in [3.8, 4) is 28.4 Å². The molecule has 0 amide bonds. The Kier molecular flexibility index (Phi) is 21.5. The van der Waals surface area contributed by atoms with Crippen LogP contribution in [-0.2, 0) is 0 Å². The number of thioether (sulfide) groups is 3. The molecule has 1 aromatic heterocycles. The van der Waals surface area contributed by atoms with Gasteiger partial charge in [-0.2, -0.15) is 0 Å². The molecule has 6 rings (SSSR count). The normalized spacial score (nSPS) is 16.3. The first-order chi connectivity index (χ1) is 24.8. The van der Waals surface area contributed by atoms with Crippen molar-refractivity contribution < 1.29 is 14.2 Å². The molecule has 2 aliphatic heterocycles. The Morgan fingerprint density at radius 3 is 1.42 bits per heavy atom. The van der Waals surface area contributed by atoms with Gasteiger partial charge in [0.2, 0.25) is 0 Å². The van der Waals surface area contributed by atoms with E-state index in [1.54, 1.807) is 39.3 Å². The third kappa shape index (κ3) is 12.9. The van der Waals surface area contributed by atoms with Crippen molar-refractivity contribution >= 4 is 60.1 Å². The topological polar surface area (TPSA) is 64.6 Å². The molecule has 4 aromatic rings. The molecule has 0 saturated carbocycles. The highest BCUT2D eigenvalue weighted by molar-refractivity contribution is 7.99. The van der Waals surface area contributed by atoms with Gasteiger partial charge >= 0.3 is 0 Å². The van der Waals surface area contributed by atoms with Crippen LogP contribution >= 0.6 is 60.1 Å². The van der Waals surface area contributed by atoms with E-state index < -0.39 is 0 Å². The number of hydrogen-bond donors (Lipinski definition) is 2. The lowest BCUT2D eigenvalue weighted by Gasteiger charge is -2.25. The molecule has 2 fully saturated rings. The second-order valence-corrected chi connectivity index (χ2v) is 15.5. The van der Waals surface area contributed by atoms with Crippen LogP contribution in [0, 0.1) is 20.8 Å². The molecule has 292 valence electrons. The summed E-state index contributed by atoms with van der Waals surface area (Å²) in [7, 11) is 5.24. The van der Waals surface area contributed by atoms with E-state index in [0.29, 0.717) is 11.8 Å². The number of pyridine rings is 1. The molecule has 2 N–H and O–H groups in total. The number of aromatic nitrogens is 1. The van der Waals surface area contributed by atoms with Crippen LogP contribution in [0.3, 0.4) is 0 Å². The molecule has 2 saturated heterocycles. The lowest BCUT2D eigenvalue weighted by atomic mass is 9.90. The molecule has 0 unspecified atom stereocenters. The SMILES string of the molecule is COc1cc(C)c(SC)cc1-c1cccnc1.COc1cc(C)c(SC)cc1[C@@H]1CCCNC1.COc1cc(C)c(SC)cc1[C@H]1CCCNC1.Cl.Cl. The number of methoxy groups -OCH3 is 3. The van der Waals surface area contributed by atoms with E-state index in [0.717, 1.165) is 54.6 Å². The summed E-state index contributed by atoms with van der Waals surface area (Å²) in [6.07, 6.45) is 15.0. The average Bonchev–Trinajstić information content (AvgIpc) is 3.19. The van der Waals surface area contributed by atoms with E-state index in [9.17, 15) is 0 Å². The first-order valence-corrected chi connectivity index (χ1v) is 21.4. The maximum Gasteiger partial charge on any atom is 0.127 e. The van der Waals surface area contributed by atoms with Crippen molar-refractivity contribution in [2.45, 2.75) is 73.0 Å². The second kappa shape index (κ2) is 24.3. The molecule has 0 spiro atoms. The lowest BCUT2D eigenvalue weighted by Crippen LogP contribution is -2.28. The van der Waals surface area contributed by atoms with Crippen molar-refractivity contribution in [2.24, 2.45) is 0 Å². The first kappa shape index (κ1) is 46.9. The van der Waals surface area contributed by atoms with Crippen LogP contribution in [0.2, 0.25) is 0 Å². The third-order valence-corrected chi connectivity index (χ3v) is 12.3. The van der Waals surface area contributed by atoms with Gasteiger partial charge in [-0.25, -0.2) is 0 Å². The van der Waals surface area contributed by atoms with Gasteiger partial charge in [0.05, 0.1) is 21.3 Å². The molecule has 6 nitrogen and oxygen atoms in total. The number of piperidine rings is 2. The summed E-state index contributed by atoms with van der Waals surface area (Å²) < 4.78 is 16.5. The number of nitrogens with one attached hydrogen (secondary N) is 2. The number of rotatable bonds is 9. The Morgan fingerprint density at radius 1 is 0.623 bits per heavy atom. The van der Waals surface area contributed by atoms with Gasteiger partial charge in [0, 0.05) is 63.1 Å². The summed E-state index contributed by atoms with van der Waals surface area (Å²) in [4.78, 5) is 8.15. The van der Waals surface area contributed by atoms with Gasteiger partial charge in [-0.1, -0.05) is 6.07 Å². The quantitative estimate of drug-likeness (QED) is 0.161. The van der Waals surface area contributed by atoms with Gasteiger partial charge in [0.25, 0.3) is 0 Å². The highest BCUT2D eigenvalue weighted by Gasteiger charge is 2.21. The summed E-state index contributed by atoms with van der Waals surface area (Å²) in [6.45, 7) is 10.9. The second-order valence-electron chi connectivity index (χ2n) is 13.0. The number of halogens is 2. The Labute approximate surface area is 344 Å². The van der Waals surface area contributed by atoms with Gasteiger partial charge < -0.3 is 24.8 Å². The van der Waals surface area contributed by atoms with Crippen molar-refractivity contribution in [3.63, 3.8) is 0 Å². The molecule has 53 heavy (non-hydrogen) atoms. The smallest absolute Gasteiger partial charge is 0.127 e. The molecule has 0 radical (unpaired) electrons. The van der Waals surface area contributed by atoms with E-state index in [2.05, 4.69) is 91.6 Å². The third-order valence-electron chi connectivity index (χ3n) is 9.66. The Hall–Kier alpha value is -2.24. The number of benzene rings is 3. The summed E-state index contributed by atoms with van der Waals surface area (Å²) in [5.74, 6) is 4.20. The number of aryl methyl sites for hydroxylation is 3. The van der Waals surface area contributed by atoms with Crippen molar-refractivity contribution in [2.75, 3.05) is 66.3 Å². The van der Waals surface area contributed by atoms with Gasteiger partial charge in [-0.05, 0) is 149 Å². The maximum absolute atomic E-state index is 5.54. The van der Waals surface area contributed by atoms with Crippen molar-refractivity contribution in [1.82, 2.24) is 15.6 Å². The lowest BCUT2D eigenvalue weighted by molar-refractivity contribution is 0.391. The molecular weight excluding hydrogens is 762 g/mol. The van der Waals surface area contributed by atoms with Crippen LogP contribution in [0.25, 0.3) is 11.1 Å². The molecule has 3 aromatic carbocycles. The number of ether oxygens (including phenoxy) is 3. The zero-order valence-electron chi connectivity index (χ0n) is 32.8. The molecule has 2 atom stereocenters. The zero-order valence-corrected chi connectivity index (χ0v) is 36.9. The van der Waals surface area contributed by atoms with Crippen molar-refractivity contribution in [1.29, 1.82) is 0 Å². The number of nitrogens with zero attached hydrogens (tertiary/aromatic N) is 1. The monoisotopic (exact) mass is 819 g/mol. The fourth-order valence-electron chi connectivity index (χ4n) is 6.82. The summed E-state index contributed by atoms with van der Waals surface area (Å²) in [5.41, 5.74) is 8.77. The van der Waals surface area contributed by atoms with Crippen molar-refractivity contribution in [3.05, 3.63) is 88.7 Å². The van der Waals surface area contributed by atoms with Crippen LogP contribution in [0.15, 0.2) is 75.6 Å². The predicted octanol–water partition coefficient (Wildman–Crippen LogP) is 11.0. The van der Waals surface area contributed by atoms with Crippen LogP contribution < -0.4 is 24.8 Å². The molecule has 0 aliphatic carbocycles. The first-order valence-electron chi connectivity index (χ1n) is 17.8. The van der Waals surface area contributed by atoms with E-state index in [-0.39, 0.29) is 24.8 Å². The van der Waals surface area contributed by atoms with E-state index in [1.165, 1.54) is 68.2 Å². The molecular formula is C42H59Cl2N3O3S3. The number of hydrogen-bond acceptors (Lipinski definition) is 9. The van der Waals surface area contributed by atoms with E-state index >= 15 is 0 Å². The minimum absolute atomic E-state index is 0. The van der Waals surface area contributed by atoms with Crippen LogP contribution in [0.4, 0.5) is 0 Å².